The van der Waals surface area contributed by atoms with Crippen LogP contribution in [-0.4, -0.2) is 30.9 Å². The van der Waals surface area contributed by atoms with Crippen molar-refractivity contribution >= 4 is 22.6 Å². The van der Waals surface area contributed by atoms with Crippen molar-refractivity contribution in [3.8, 4) is 17.2 Å². The largest absolute Gasteiger partial charge is 0.481 e. The third kappa shape index (κ3) is 5.78. The van der Waals surface area contributed by atoms with Crippen LogP contribution in [0.5, 0.6) is 17.2 Å². The van der Waals surface area contributed by atoms with E-state index in [0.29, 0.717) is 23.7 Å². The van der Waals surface area contributed by atoms with Crippen molar-refractivity contribution in [1.29, 1.82) is 0 Å². The number of hydrogen-bond donors (Lipinski definition) is 1. The Kier molecular flexibility index (Phi) is 8.03. The summed E-state index contributed by atoms with van der Waals surface area (Å²) in [6.45, 7) is 3.28. The Morgan fingerprint density at radius 1 is 0.821 bits per heavy atom. The normalized spacial score (nSPS) is 28.7. The second-order valence-corrected chi connectivity index (χ2v) is 12.0. The summed E-state index contributed by atoms with van der Waals surface area (Å²) in [5, 5.41) is 12.3. The molecule has 0 bridgehead atoms. The minimum atomic E-state index is -1.26. The van der Waals surface area contributed by atoms with Crippen LogP contribution in [0.4, 0.5) is 0 Å². The summed E-state index contributed by atoms with van der Waals surface area (Å²) in [6.07, 6.45) is 4.97. The Morgan fingerprint density at radius 3 is 2.21 bits per heavy atom. The quantitative estimate of drug-likeness (QED) is 0.287. The van der Waals surface area contributed by atoms with Gasteiger partial charge in [-0.3, -0.25) is 0 Å². The highest BCUT2D eigenvalue weighted by atomic mass is 127. The molecule has 2 saturated heterocycles. The molecule has 3 aliphatic rings. The van der Waals surface area contributed by atoms with Crippen molar-refractivity contribution in [3.63, 3.8) is 0 Å². The minimum absolute atomic E-state index is 0.244. The first kappa shape index (κ1) is 26.9. The minimum Gasteiger partial charge on any atom is -0.481 e. The maximum atomic E-state index is 12.3. The van der Waals surface area contributed by atoms with E-state index in [0.717, 1.165) is 65.6 Å². The standard InChI is InChI=1S/C32H35IO6/c1-32(34)25-10-7-11-26(38-28-13-3-5-19-36-28)31(25)39-30(21-14-16-23(33)17-15-21)29(32)22-8-6-9-24(20-22)37-27-12-2-4-18-35-27/h6-11,14-17,20,27-30,34H,2-5,12-13,18-19H2,1H3. The molecular weight excluding hydrogens is 607 g/mol. The van der Waals surface area contributed by atoms with Crippen LogP contribution in [0.25, 0.3) is 0 Å². The molecule has 5 atom stereocenters. The van der Waals surface area contributed by atoms with Gasteiger partial charge in [0.2, 0.25) is 0 Å². The first-order valence-corrected chi connectivity index (χ1v) is 15.0. The smallest absolute Gasteiger partial charge is 0.200 e. The second-order valence-electron chi connectivity index (χ2n) is 10.7. The number of ether oxygens (including phenoxy) is 5. The van der Waals surface area contributed by atoms with E-state index in [1.807, 2.05) is 49.4 Å². The van der Waals surface area contributed by atoms with Gasteiger partial charge in [0, 0.05) is 22.0 Å². The molecule has 0 aliphatic carbocycles. The van der Waals surface area contributed by atoms with Crippen molar-refractivity contribution in [3.05, 3.63) is 87.0 Å². The number of aliphatic hydroxyl groups is 1. The zero-order chi connectivity index (χ0) is 26.8. The van der Waals surface area contributed by atoms with E-state index in [2.05, 4.69) is 46.9 Å². The van der Waals surface area contributed by atoms with Crippen LogP contribution in [0.3, 0.4) is 0 Å². The first-order chi connectivity index (χ1) is 19.0. The van der Waals surface area contributed by atoms with Gasteiger partial charge in [-0.2, -0.15) is 0 Å². The number of fused-ring (bicyclic) bond motifs is 1. The van der Waals surface area contributed by atoms with Gasteiger partial charge in [0.05, 0.1) is 19.1 Å². The summed E-state index contributed by atoms with van der Waals surface area (Å²) in [5.74, 6) is 1.50. The number of benzene rings is 3. The van der Waals surface area contributed by atoms with Gasteiger partial charge in [-0.1, -0.05) is 36.4 Å². The molecule has 39 heavy (non-hydrogen) atoms. The first-order valence-electron chi connectivity index (χ1n) is 13.9. The van der Waals surface area contributed by atoms with Crippen molar-refractivity contribution < 1.29 is 28.8 Å². The number of rotatable bonds is 6. The molecule has 3 aromatic carbocycles. The molecule has 3 heterocycles. The number of halogens is 1. The lowest BCUT2D eigenvalue weighted by Crippen LogP contribution is -2.40. The van der Waals surface area contributed by atoms with Crippen LogP contribution < -0.4 is 14.2 Å². The molecule has 0 radical (unpaired) electrons. The third-order valence-corrected chi connectivity index (χ3v) is 8.61. The Bertz CT molecular complexity index is 1260. The maximum Gasteiger partial charge on any atom is 0.200 e. The summed E-state index contributed by atoms with van der Waals surface area (Å²) < 4.78 is 32.1. The van der Waals surface area contributed by atoms with E-state index in [4.69, 9.17) is 23.7 Å². The SMILES string of the molecule is CC1(O)c2cccc(OC3CCCCO3)c2OC(c2ccc(I)cc2)C1c1cccc(OC2CCCCO2)c1. The van der Waals surface area contributed by atoms with Crippen LogP contribution in [-0.2, 0) is 15.1 Å². The molecule has 5 unspecified atom stereocenters. The molecule has 1 N–H and O–H groups in total. The molecule has 2 fully saturated rings. The highest BCUT2D eigenvalue weighted by molar-refractivity contribution is 14.1. The molecule has 3 aromatic rings. The summed E-state index contributed by atoms with van der Waals surface area (Å²) >= 11 is 2.31. The predicted molar refractivity (Wildman–Crippen MR) is 156 cm³/mol. The average Bonchev–Trinajstić information content (AvgIpc) is 2.95. The van der Waals surface area contributed by atoms with E-state index in [-0.39, 0.29) is 12.6 Å². The van der Waals surface area contributed by atoms with Crippen LogP contribution >= 0.6 is 22.6 Å². The van der Waals surface area contributed by atoms with Crippen LogP contribution in [0.15, 0.2) is 66.7 Å². The van der Waals surface area contributed by atoms with Gasteiger partial charge in [-0.25, -0.2) is 0 Å². The Labute approximate surface area is 243 Å². The summed E-state index contributed by atoms with van der Waals surface area (Å²) in [5.41, 5.74) is 1.36. The van der Waals surface area contributed by atoms with Gasteiger partial charge in [0.25, 0.3) is 0 Å². The van der Waals surface area contributed by atoms with Gasteiger partial charge in [-0.05, 0) is 96.7 Å². The van der Waals surface area contributed by atoms with E-state index in [9.17, 15) is 5.11 Å². The fourth-order valence-electron chi connectivity index (χ4n) is 5.88. The van der Waals surface area contributed by atoms with Gasteiger partial charge < -0.3 is 28.8 Å². The van der Waals surface area contributed by atoms with Gasteiger partial charge >= 0.3 is 0 Å². The van der Waals surface area contributed by atoms with Gasteiger partial charge in [-0.15, -0.1) is 0 Å². The Hall–Kier alpha value is -2.33. The summed E-state index contributed by atoms with van der Waals surface area (Å²) in [4.78, 5) is 0. The van der Waals surface area contributed by atoms with Crippen LogP contribution in [0.1, 0.15) is 74.2 Å². The fourth-order valence-corrected chi connectivity index (χ4v) is 6.24. The highest BCUT2D eigenvalue weighted by Gasteiger charge is 2.49. The molecule has 6 nitrogen and oxygen atoms in total. The van der Waals surface area contributed by atoms with E-state index >= 15 is 0 Å². The monoisotopic (exact) mass is 642 g/mol. The summed E-state index contributed by atoms with van der Waals surface area (Å²) in [6, 6.07) is 22.0. The van der Waals surface area contributed by atoms with Gasteiger partial charge in [0.1, 0.15) is 17.5 Å². The van der Waals surface area contributed by atoms with E-state index in [1.54, 1.807) is 0 Å². The zero-order valence-electron chi connectivity index (χ0n) is 22.2. The summed E-state index contributed by atoms with van der Waals surface area (Å²) in [7, 11) is 0. The van der Waals surface area contributed by atoms with Gasteiger partial charge in [0.15, 0.2) is 24.1 Å². The average molecular weight is 643 g/mol. The van der Waals surface area contributed by atoms with Crippen LogP contribution in [0.2, 0.25) is 0 Å². The maximum absolute atomic E-state index is 12.3. The van der Waals surface area contributed by atoms with Crippen LogP contribution in [0, 0.1) is 3.57 Å². The lowest BCUT2D eigenvalue weighted by molar-refractivity contribution is -0.109. The molecular formula is C32H35IO6. The molecule has 6 rings (SSSR count). The van der Waals surface area contributed by atoms with E-state index in [1.165, 1.54) is 0 Å². The van der Waals surface area contributed by atoms with Crippen molar-refractivity contribution in [2.75, 3.05) is 13.2 Å². The van der Waals surface area contributed by atoms with Crippen molar-refractivity contribution in [1.82, 2.24) is 0 Å². The van der Waals surface area contributed by atoms with E-state index < -0.39 is 17.6 Å². The zero-order valence-corrected chi connectivity index (χ0v) is 24.3. The molecule has 0 aromatic heterocycles. The highest BCUT2D eigenvalue weighted by Crippen LogP contribution is 2.56. The molecule has 7 heteroatoms. The van der Waals surface area contributed by atoms with Crippen molar-refractivity contribution in [2.45, 2.75) is 75.7 Å². The molecule has 0 saturated carbocycles. The topological polar surface area (TPSA) is 66.4 Å². The predicted octanol–water partition coefficient (Wildman–Crippen LogP) is 7.23. The fraction of sp³-hybridized carbons (Fsp3) is 0.438. The molecule has 0 amide bonds. The Balaban J connectivity index is 1.39. The number of para-hydroxylation sites is 1. The lowest BCUT2D eigenvalue weighted by atomic mass is 9.71. The second kappa shape index (κ2) is 11.6. The third-order valence-electron chi connectivity index (χ3n) is 7.89. The molecule has 206 valence electrons. The molecule has 3 aliphatic heterocycles. The Morgan fingerprint density at radius 2 is 1.51 bits per heavy atom. The van der Waals surface area contributed by atoms with Crippen molar-refractivity contribution in [2.24, 2.45) is 0 Å². The number of hydrogen-bond acceptors (Lipinski definition) is 6. The molecule has 0 spiro atoms. The lowest BCUT2D eigenvalue weighted by Gasteiger charge is -2.45.